The van der Waals surface area contributed by atoms with Gasteiger partial charge in [0.05, 0.1) is 6.54 Å². The zero-order valence-corrected chi connectivity index (χ0v) is 16.9. The second kappa shape index (κ2) is 7.77. The van der Waals surface area contributed by atoms with Gasteiger partial charge in [-0.05, 0) is 44.4 Å². The molecule has 1 aliphatic rings. The summed E-state index contributed by atoms with van der Waals surface area (Å²) in [6.45, 7) is 4.85. The highest BCUT2D eigenvalue weighted by Crippen LogP contribution is 2.25. The zero-order valence-electron chi connectivity index (χ0n) is 16.9. The zero-order chi connectivity index (χ0) is 20.5. The number of nitrogens with one attached hydrogen (secondary N) is 1. The van der Waals surface area contributed by atoms with Crippen molar-refractivity contribution < 1.29 is 5.11 Å². The molecule has 0 spiro atoms. The summed E-state index contributed by atoms with van der Waals surface area (Å²) < 4.78 is 4.70. The van der Waals surface area contributed by atoms with E-state index < -0.39 is 0 Å². The van der Waals surface area contributed by atoms with E-state index in [4.69, 9.17) is 4.98 Å². The smallest absolute Gasteiger partial charge is 0.332 e. The number of aryl methyl sites for hydroxylation is 1. The Labute approximate surface area is 168 Å². The van der Waals surface area contributed by atoms with Gasteiger partial charge in [-0.15, -0.1) is 0 Å². The lowest BCUT2D eigenvalue weighted by Gasteiger charge is -2.15. The number of imidazole rings is 1. The van der Waals surface area contributed by atoms with Crippen LogP contribution in [0.25, 0.3) is 11.2 Å². The largest absolute Gasteiger partial charge is 0.508 e. The maximum absolute atomic E-state index is 13.2. The highest BCUT2D eigenvalue weighted by atomic mass is 16.3. The molecule has 3 aromatic rings. The topological polar surface area (TPSA) is 94.1 Å². The summed E-state index contributed by atoms with van der Waals surface area (Å²) in [5.74, 6) is 0.814. The monoisotopic (exact) mass is 397 g/mol. The molecule has 0 radical (unpaired) electrons. The van der Waals surface area contributed by atoms with Crippen LogP contribution in [0.3, 0.4) is 0 Å². The number of rotatable bonds is 6. The van der Waals surface area contributed by atoms with Gasteiger partial charge in [0.2, 0.25) is 5.95 Å². The van der Waals surface area contributed by atoms with Crippen LogP contribution >= 0.6 is 0 Å². The number of aromatic nitrogens is 4. The SMILES string of the molecule is CCn1c(=O)c2c(nc(NC3CCCC3)n2Cc2ccc(O)cc2)n(CC)c1=O. The van der Waals surface area contributed by atoms with Gasteiger partial charge in [0.25, 0.3) is 5.56 Å². The Bertz CT molecular complexity index is 1130. The summed E-state index contributed by atoms with van der Waals surface area (Å²) in [5, 5.41) is 13.1. The van der Waals surface area contributed by atoms with Crippen LogP contribution in [0.4, 0.5) is 5.95 Å². The standard InChI is InChI=1S/C21H27N5O3/c1-3-24-18-17(19(28)25(4-2)21(24)29)26(13-14-9-11-16(27)12-10-14)20(23-18)22-15-7-5-6-8-15/h9-12,15,27H,3-8,13H2,1-2H3,(H,22,23). The van der Waals surface area contributed by atoms with Gasteiger partial charge in [0.1, 0.15) is 5.75 Å². The van der Waals surface area contributed by atoms with Gasteiger partial charge in [-0.3, -0.25) is 18.5 Å². The van der Waals surface area contributed by atoms with E-state index in [0.29, 0.717) is 42.8 Å². The summed E-state index contributed by atoms with van der Waals surface area (Å²) in [4.78, 5) is 30.7. The first-order valence-electron chi connectivity index (χ1n) is 10.3. The molecule has 1 saturated carbocycles. The van der Waals surface area contributed by atoms with Crippen molar-refractivity contribution in [2.45, 2.75) is 65.2 Å². The number of hydrogen-bond acceptors (Lipinski definition) is 5. The lowest BCUT2D eigenvalue weighted by molar-refractivity contribution is 0.475. The second-order valence-corrected chi connectivity index (χ2v) is 7.56. The molecule has 0 bridgehead atoms. The van der Waals surface area contributed by atoms with Gasteiger partial charge in [0.15, 0.2) is 11.2 Å². The van der Waals surface area contributed by atoms with Crippen LogP contribution in [0.1, 0.15) is 45.1 Å². The number of benzene rings is 1. The Morgan fingerprint density at radius 1 is 1.03 bits per heavy atom. The molecular formula is C21H27N5O3. The Balaban J connectivity index is 1.93. The van der Waals surface area contributed by atoms with Crippen molar-refractivity contribution in [3.8, 4) is 5.75 Å². The maximum atomic E-state index is 13.2. The molecule has 2 heterocycles. The lowest BCUT2D eigenvalue weighted by atomic mass is 10.2. The third-order valence-electron chi connectivity index (χ3n) is 5.71. The third kappa shape index (κ3) is 3.43. The van der Waals surface area contributed by atoms with E-state index in [1.165, 1.54) is 17.4 Å². The molecule has 154 valence electrons. The molecule has 1 fully saturated rings. The van der Waals surface area contributed by atoms with Crippen molar-refractivity contribution in [1.82, 2.24) is 18.7 Å². The minimum Gasteiger partial charge on any atom is -0.508 e. The predicted molar refractivity (Wildman–Crippen MR) is 113 cm³/mol. The van der Waals surface area contributed by atoms with E-state index in [1.54, 1.807) is 23.6 Å². The van der Waals surface area contributed by atoms with Crippen molar-refractivity contribution in [2.75, 3.05) is 5.32 Å². The summed E-state index contributed by atoms with van der Waals surface area (Å²) in [7, 11) is 0. The van der Waals surface area contributed by atoms with E-state index in [1.807, 2.05) is 23.6 Å². The van der Waals surface area contributed by atoms with E-state index in [-0.39, 0.29) is 17.0 Å². The third-order valence-corrected chi connectivity index (χ3v) is 5.71. The average Bonchev–Trinajstić information content (AvgIpc) is 3.33. The van der Waals surface area contributed by atoms with E-state index in [2.05, 4.69) is 5.32 Å². The quantitative estimate of drug-likeness (QED) is 0.667. The van der Waals surface area contributed by atoms with Crippen molar-refractivity contribution in [3.63, 3.8) is 0 Å². The molecule has 0 atom stereocenters. The molecule has 0 saturated heterocycles. The molecule has 2 N–H and O–H groups in total. The second-order valence-electron chi connectivity index (χ2n) is 7.56. The number of phenolic OH excluding ortho intramolecular Hbond substituents is 1. The first-order valence-corrected chi connectivity index (χ1v) is 10.3. The number of phenols is 1. The van der Waals surface area contributed by atoms with Gasteiger partial charge in [-0.1, -0.05) is 25.0 Å². The summed E-state index contributed by atoms with van der Waals surface area (Å²) >= 11 is 0. The fourth-order valence-corrected chi connectivity index (χ4v) is 4.16. The highest BCUT2D eigenvalue weighted by Gasteiger charge is 2.23. The van der Waals surface area contributed by atoms with Crippen LogP contribution in [-0.2, 0) is 19.6 Å². The van der Waals surface area contributed by atoms with E-state index >= 15 is 0 Å². The number of aromatic hydroxyl groups is 1. The summed E-state index contributed by atoms with van der Waals surface area (Å²) in [6, 6.07) is 7.24. The van der Waals surface area contributed by atoms with Crippen LogP contribution in [0, 0.1) is 0 Å². The summed E-state index contributed by atoms with van der Waals surface area (Å²) in [6.07, 6.45) is 4.50. The van der Waals surface area contributed by atoms with Crippen molar-refractivity contribution >= 4 is 17.1 Å². The molecular weight excluding hydrogens is 370 g/mol. The van der Waals surface area contributed by atoms with Crippen LogP contribution in [0.15, 0.2) is 33.9 Å². The molecule has 4 rings (SSSR count). The molecule has 1 aliphatic carbocycles. The average molecular weight is 397 g/mol. The van der Waals surface area contributed by atoms with Gasteiger partial charge in [-0.2, -0.15) is 4.98 Å². The first kappa shape index (κ1) is 19.3. The van der Waals surface area contributed by atoms with Gasteiger partial charge >= 0.3 is 5.69 Å². The van der Waals surface area contributed by atoms with Gasteiger partial charge < -0.3 is 10.4 Å². The molecule has 8 heteroatoms. The number of nitrogens with zero attached hydrogens (tertiary/aromatic N) is 4. The van der Waals surface area contributed by atoms with Gasteiger partial charge in [0, 0.05) is 19.1 Å². The van der Waals surface area contributed by atoms with Gasteiger partial charge in [-0.25, -0.2) is 4.79 Å². The minimum atomic E-state index is -0.325. The van der Waals surface area contributed by atoms with Crippen molar-refractivity contribution in [3.05, 3.63) is 50.7 Å². The Morgan fingerprint density at radius 2 is 1.69 bits per heavy atom. The molecule has 0 amide bonds. The van der Waals surface area contributed by atoms with Crippen molar-refractivity contribution in [1.29, 1.82) is 0 Å². The summed E-state index contributed by atoms with van der Waals surface area (Å²) in [5.41, 5.74) is 1.15. The van der Waals surface area contributed by atoms with Crippen molar-refractivity contribution in [2.24, 2.45) is 0 Å². The number of anilines is 1. The Kier molecular flexibility index (Phi) is 5.17. The predicted octanol–water partition coefficient (Wildman–Crippen LogP) is 2.51. The van der Waals surface area contributed by atoms with Crippen LogP contribution in [0.2, 0.25) is 0 Å². The minimum absolute atomic E-state index is 0.196. The number of hydrogen-bond donors (Lipinski definition) is 2. The van der Waals surface area contributed by atoms with Crippen LogP contribution < -0.4 is 16.6 Å². The van der Waals surface area contributed by atoms with E-state index in [9.17, 15) is 14.7 Å². The molecule has 29 heavy (non-hydrogen) atoms. The Morgan fingerprint density at radius 3 is 2.31 bits per heavy atom. The maximum Gasteiger partial charge on any atom is 0.332 e. The number of fused-ring (bicyclic) bond motifs is 1. The lowest BCUT2D eigenvalue weighted by Crippen LogP contribution is -2.40. The molecule has 0 aliphatic heterocycles. The first-order chi connectivity index (χ1) is 14.0. The van der Waals surface area contributed by atoms with Crippen LogP contribution in [-0.4, -0.2) is 29.8 Å². The Hall–Kier alpha value is -3.03. The van der Waals surface area contributed by atoms with Crippen LogP contribution in [0.5, 0.6) is 5.75 Å². The highest BCUT2D eigenvalue weighted by molar-refractivity contribution is 5.74. The molecule has 2 aromatic heterocycles. The van der Waals surface area contributed by atoms with E-state index in [0.717, 1.165) is 18.4 Å². The normalized spacial score (nSPS) is 14.7. The molecule has 8 nitrogen and oxygen atoms in total. The fraction of sp³-hybridized carbons (Fsp3) is 0.476. The molecule has 1 aromatic carbocycles. The fourth-order valence-electron chi connectivity index (χ4n) is 4.16. The molecule has 0 unspecified atom stereocenters.